The summed E-state index contributed by atoms with van der Waals surface area (Å²) < 4.78 is 14.6. The van der Waals surface area contributed by atoms with Crippen LogP contribution in [0.15, 0.2) is 48.8 Å². The average Bonchev–Trinajstić information content (AvgIpc) is 3.43. The summed E-state index contributed by atoms with van der Waals surface area (Å²) in [6.07, 6.45) is 6.12. The van der Waals surface area contributed by atoms with E-state index in [0.29, 0.717) is 23.9 Å². The zero-order valence-corrected chi connectivity index (χ0v) is 14.4. The standard InChI is InChI=1S/C20H19FN4O/c1-25-19(9-18(24-25)15-4-6-17(21)7-5-15)20(26)23-11-13-8-16(12-22-10-13)14-2-3-14/h4-10,12,14H,2-3,11H2,1H3,(H,23,26). The first kappa shape index (κ1) is 16.4. The van der Waals surface area contributed by atoms with Crippen LogP contribution >= 0.6 is 0 Å². The van der Waals surface area contributed by atoms with Gasteiger partial charge in [-0.3, -0.25) is 14.5 Å². The Morgan fingerprint density at radius 2 is 2.00 bits per heavy atom. The Labute approximate surface area is 150 Å². The van der Waals surface area contributed by atoms with E-state index in [9.17, 15) is 9.18 Å². The molecule has 2 heterocycles. The summed E-state index contributed by atoms with van der Waals surface area (Å²) in [5.74, 6) is 0.128. The lowest BCUT2D eigenvalue weighted by molar-refractivity contribution is 0.0941. The summed E-state index contributed by atoms with van der Waals surface area (Å²) in [4.78, 5) is 16.8. The highest BCUT2D eigenvalue weighted by Crippen LogP contribution is 2.39. The van der Waals surface area contributed by atoms with E-state index in [4.69, 9.17) is 0 Å². The van der Waals surface area contributed by atoms with Crippen LogP contribution in [-0.2, 0) is 13.6 Å². The Hall–Kier alpha value is -3.02. The number of pyridine rings is 1. The zero-order valence-electron chi connectivity index (χ0n) is 14.4. The summed E-state index contributed by atoms with van der Waals surface area (Å²) in [7, 11) is 1.72. The molecule has 1 aromatic carbocycles. The van der Waals surface area contributed by atoms with Crippen LogP contribution in [0.3, 0.4) is 0 Å². The normalized spacial score (nSPS) is 13.6. The fourth-order valence-electron chi connectivity index (χ4n) is 2.96. The second kappa shape index (κ2) is 6.71. The molecule has 6 heteroatoms. The smallest absolute Gasteiger partial charge is 0.269 e. The van der Waals surface area contributed by atoms with Crippen LogP contribution in [0.5, 0.6) is 0 Å². The molecule has 132 valence electrons. The molecule has 0 aliphatic heterocycles. The number of nitrogens with zero attached hydrogens (tertiary/aromatic N) is 3. The third kappa shape index (κ3) is 3.49. The van der Waals surface area contributed by atoms with Crippen molar-refractivity contribution in [2.24, 2.45) is 7.05 Å². The van der Waals surface area contributed by atoms with Crippen LogP contribution in [0.1, 0.15) is 40.4 Å². The third-order valence-corrected chi connectivity index (χ3v) is 4.57. The number of nitrogens with one attached hydrogen (secondary N) is 1. The first-order valence-corrected chi connectivity index (χ1v) is 8.62. The fourth-order valence-corrected chi connectivity index (χ4v) is 2.96. The second-order valence-corrected chi connectivity index (χ2v) is 6.63. The molecule has 1 amide bonds. The van der Waals surface area contributed by atoms with Gasteiger partial charge in [0, 0.05) is 31.5 Å². The Balaban J connectivity index is 1.46. The van der Waals surface area contributed by atoms with E-state index < -0.39 is 0 Å². The quantitative estimate of drug-likeness (QED) is 0.767. The monoisotopic (exact) mass is 350 g/mol. The van der Waals surface area contributed by atoms with Gasteiger partial charge in [0.05, 0.1) is 5.69 Å². The number of aryl methyl sites for hydroxylation is 1. The predicted molar refractivity (Wildman–Crippen MR) is 96.0 cm³/mol. The maximum atomic E-state index is 13.1. The van der Waals surface area contributed by atoms with E-state index in [1.165, 1.54) is 35.2 Å². The average molecular weight is 350 g/mol. The van der Waals surface area contributed by atoms with Crippen LogP contribution in [0.2, 0.25) is 0 Å². The van der Waals surface area contributed by atoms with Crippen LogP contribution < -0.4 is 5.32 Å². The Kier molecular flexibility index (Phi) is 4.24. The van der Waals surface area contributed by atoms with Crippen LogP contribution in [-0.4, -0.2) is 20.7 Å². The Morgan fingerprint density at radius 1 is 1.23 bits per heavy atom. The topological polar surface area (TPSA) is 59.8 Å². The van der Waals surface area contributed by atoms with Crippen molar-refractivity contribution in [2.45, 2.75) is 25.3 Å². The number of halogens is 1. The summed E-state index contributed by atoms with van der Waals surface area (Å²) in [6, 6.07) is 9.87. The van der Waals surface area contributed by atoms with Crippen molar-refractivity contribution >= 4 is 5.91 Å². The number of carbonyl (C=O) groups excluding carboxylic acids is 1. The molecule has 0 bridgehead atoms. The van der Waals surface area contributed by atoms with E-state index >= 15 is 0 Å². The van der Waals surface area contributed by atoms with E-state index in [2.05, 4.69) is 21.5 Å². The van der Waals surface area contributed by atoms with E-state index in [1.54, 1.807) is 31.4 Å². The van der Waals surface area contributed by atoms with Gasteiger partial charge in [-0.2, -0.15) is 5.10 Å². The number of rotatable bonds is 5. The Bertz CT molecular complexity index is 945. The molecule has 1 aliphatic carbocycles. The number of hydrogen-bond donors (Lipinski definition) is 1. The molecule has 1 saturated carbocycles. The molecule has 0 unspecified atom stereocenters. The lowest BCUT2D eigenvalue weighted by atomic mass is 10.1. The minimum absolute atomic E-state index is 0.204. The summed E-state index contributed by atoms with van der Waals surface area (Å²) in [5.41, 5.74) is 4.09. The summed E-state index contributed by atoms with van der Waals surface area (Å²) in [5, 5.41) is 7.27. The number of amides is 1. The number of benzene rings is 1. The van der Waals surface area contributed by atoms with Crippen molar-refractivity contribution in [3.63, 3.8) is 0 Å². The van der Waals surface area contributed by atoms with Crippen molar-refractivity contribution in [3.05, 3.63) is 71.4 Å². The van der Waals surface area contributed by atoms with Gasteiger partial charge in [-0.1, -0.05) is 6.07 Å². The Morgan fingerprint density at radius 3 is 2.73 bits per heavy atom. The van der Waals surface area contributed by atoms with Gasteiger partial charge in [0.1, 0.15) is 11.5 Å². The van der Waals surface area contributed by atoms with Crippen molar-refractivity contribution in [1.82, 2.24) is 20.1 Å². The van der Waals surface area contributed by atoms with E-state index in [-0.39, 0.29) is 11.7 Å². The van der Waals surface area contributed by atoms with Crippen LogP contribution in [0.4, 0.5) is 4.39 Å². The lowest BCUT2D eigenvalue weighted by Crippen LogP contribution is -2.25. The van der Waals surface area contributed by atoms with E-state index in [0.717, 1.165) is 11.1 Å². The minimum Gasteiger partial charge on any atom is -0.347 e. The van der Waals surface area contributed by atoms with Crippen molar-refractivity contribution in [2.75, 3.05) is 0 Å². The number of aromatic nitrogens is 3. The second-order valence-electron chi connectivity index (χ2n) is 6.63. The molecule has 3 aromatic rings. The van der Waals surface area contributed by atoms with Crippen LogP contribution in [0, 0.1) is 5.82 Å². The highest BCUT2D eigenvalue weighted by atomic mass is 19.1. The van der Waals surface area contributed by atoms with Gasteiger partial charge in [-0.05, 0) is 60.2 Å². The lowest BCUT2D eigenvalue weighted by Gasteiger charge is -2.06. The van der Waals surface area contributed by atoms with Gasteiger partial charge in [-0.25, -0.2) is 4.39 Å². The number of carbonyl (C=O) groups is 1. The fraction of sp³-hybridized carbons (Fsp3) is 0.250. The maximum Gasteiger partial charge on any atom is 0.269 e. The van der Waals surface area contributed by atoms with Crippen molar-refractivity contribution < 1.29 is 9.18 Å². The molecule has 1 aliphatic rings. The zero-order chi connectivity index (χ0) is 18.1. The summed E-state index contributed by atoms with van der Waals surface area (Å²) >= 11 is 0. The molecule has 5 nitrogen and oxygen atoms in total. The molecule has 2 aromatic heterocycles. The predicted octanol–water partition coefficient (Wildman–Crippen LogP) is 3.43. The molecule has 4 rings (SSSR count). The molecule has 26 heavy (non-hydrogen) atoms. The SMILES string of the molecule is Cn1nc(-c2ccc(F)cc2)cc1C(=O)NCc1cncc(C2CC2)c1. The van der Waals surface area contributed by atoms with Gasteiger partial charge < -0.3 is 5.32 Å². The maximum absolute atomic E-state index is 13.1. The molecule has 1 fully saturated rings. The van der Waals surface area contributed by atoms with Crippen LogP contribution in [0.25, 0.3) is 11.3 Å². The highest BCUT2D eigenvalue weighted by Gasteiger charge is 2.24. The van der Waals surface area contributed by atoms with Gasteiger partial charge in [0.15, 0.2) is 0 Å². The molecule has 1 N–H and O–H groups in total. The number of hydrogen-bond acceptors (Lipinski definition) is 3. The molecular formula is C20H19FN4O. The minimum atomic E-state index is -0.301. The molecule has 0 radical (unpaired) electrons. The van der Waals surface area contributed by atoms with E-state index in [1.807, 2.05) is 6.20 Å². The largest absolute Gasteiger partial charge is 0.347 e. The molecule has 0 spiro atoms. The van der Waals surface area contributed by atoms with Crippen molar-refractivity contribution in [3.8, 4) is 11.3 Å². The van der Waals surface area contributed by atoms with Gasteiger partial charge in [0.25, 0.3) is 5.91 Å². The highest BCUT2D eigenvalue weighted by molar-refractivity contribution is 5.93. The van der Waals surface area contributed by atoms with Crippen molar-refractivity contribution in [1.29, 1.82) is 0 Å². The van der Waals surface area contributed by atoms with Gasteiger partial charge in [-0.15, -0.1) is 0 Å². The summed E-state index contributed by atoms with van der Waals surface area (Å²) in [6.45, 7) is 0.420. The first-order chi connectivity index (χ1) is 12.6. The molecule has 0 saturated heterocycles. The molecular weight excluding hydrogens is 331 g/mol. The first-order valence-electron chi connectivity index (χ1n) is 8.62. The van der Waals surface area contributed by atoms with Gasteiger partial charge in [0.2, 0.25) is 0 Å². The third-order valence-electron chi connectivity index (χ3n) is 4.57. The van der Waals surface area contributed by atoms with Gasteiger partial charge >= 0.3 is 0 Å². The molecule has 0 atom stereocenters.